The Morgan fingerprint density at radius 3 is 2.55 bits per heavy atom. The van der Waals surface area contributed by atoms with Gasteiger partial charge in [-0.3, -0.25) is 0 Å². The van der Waals surface area contributed by atoms with Gasteiger partial charge in [-0.2, -0.15) is 5.48 Å². The van der Waals surface area contributed by atoms with Gasteiger partial charge >= 0.3 is 0 Å². The van der Waals surface area contributed by atoms with Gasteiger partial charge in [-0.05, 0) is 33.5 Å². The molecule has 1 unspecified atom stereocenters. The molecule has 0 aromatic heterocycles. The third-order valence-electron chi connectivity index (χ3n) is 1.70. The van der Waals surface area contributed by atoms with Gasteiger partial charge in [0.2, 0.25) is 0 Å². The Kier molecular flexibility index (Phi) is 6.51. The van der Waals surface area contributed by atoms with Crippen LogP contribution < -0.4 is 5.48 Å². The van der Waals surface area contributed by atoms with Crippen LogP contribution in [0.1, 0.15) is 21.2 Å². The Labute approximate surface area is 71.2 Å². The van der Waals surface area contributed by atoms with Gasteiger partial charge in [0.25, 0.3) is 0 Å². The summed E-state index contributed by atoms with van der Waals surface area (Å²) in [6.45, 7) is 3.27. The first-order valence-corrected chi connectivity index (χ1v) is 4.14. The van der Waals surface area contributed by atoms with Crippen LogP contribution in [-0.2, 0) is 4.84 Å². The third-order valence-corrected chi connectivity index (χ3v) is 1.70. The molecule has 0 aromatic rings. The van der Waals surface area contributed by atoms with E-state index in [4.69, 9.17) is 4.84 Å². The fraction of sp³-hybridized carbons (Fsp3) is 1.00. The largest absolute Gasteiger partial charge is 0.309 e. The van der Waals surface area contributed by atoms with E-state index in [0.717, 1.165) is 19.4 Å². The summed E-state index contributed by atoms with van der Waals surface area (Å²) in [7, 11) is 5.83. The molecule has 0 saturated carbocycles. The van der Waals surface area contributed by atoms with Crippen LogP contribution in [0.15, 0.2) is 0 Å². The topological polar surface area (TPSA) is 24.5 Å². The van der Waals surface area contributed by atoms with E-state index in [2.05, 4.69) is 31.4 Å². The molecule has 0 bridgehead atoms. The van der Waals surface area contributed by atoms with Crippen molar-refractivity contribution in [3.8, 4) is 0 Å². The lowest BCUT2D eigenvalue weighted by molar-refractivity contribution is 0.0547. The van der Waals surface area contributed by atoms with E-state index >= 15 is 0 Å². The summed E-state index contributed by atoms with van der Waals surface area (Å²) in [6.07, 6.45) is 2.25. The summed E-state index contributed by atoms with van der Waals surface area (Å²) in [6, 6.07) is 0.488. The second kappa shape index (κ2) is 6.58. The average molecular weight is 162 g/mol. The maximum atomic E-state index is 4.86. The molecule has 0 spiro atoms. The molecule has 0 aliphatic carbocycles. The molecule has 0 aliphatic heterocycles. The van der Waals surface area contributed by atoms with Gasteiger partial charge in [0.05, 0.1) is 7.11 Å². The van der Waals surface area contributed by atoms with Gasteiger partial charge < -0.3 is 9.74 Å². The number of rotatable bonds is 6. The minimum absolute atomic E-state index is 0. The van der Waals surface area contributed by atoms with Crippen LogP contribution in [0.2, 0.25) is 0 Å². The van der Waals surface area contributed by atoms with Crippen LogP contribution in [0.4, 0.5) is 0 Å². The van der Waals surface area contributed by atoms with Crippen molar-refractivity contribution >= 4 is 0 Å². The third kappa shape index (κ3) is 6.28. The van der Waals surface area contributed by atoms with E-state index in [0.29, 0.717) is 6.04 Å². The van der Waals surface area contributed by atoms with E-state index in [-0.39, 0.29) is 1.43 Å². The number of hydrogen-bond donors (Lipinski definition) is 1. The van der Waals surface area contributed by atoms with Gasteiger partial charge in [-0.25, -0.2) is 0 Å². The molecule has 0 radical (unpaired) electrons. The highest BCUT2D eigenvalue weighted by molar-refractivity contribution is 4.60. The van der Waals surface area contributed by atoms with Gasteiger partial charge in [0, 0.05) is 7.47 Å². The zero-order chi connectivity index (χ0) is 8.69. The minimum Gasteiger partial charge on any atom is -0.309 e. The Morgan fingerprint density at radius 2 is 2.18 bits per heavy atom. The van der Waals surface area contributed by atoms with Crippen molar-refractivity contribution in [2.45, 2.75) is 25.8 Å². The van der Waals surface area contributed by atoms with Crippen molar-refractivity contribution < 1.29 is 6.26 Å². The molecular weight excluding hydrogens is 140 g/mol. The number of hydrogen-bond acceptors (Lipinski definition) is 3. The molecule has 11 heavy (non-hydrogen) atoms. The van der Waals surface area contributed by atoms with Crippen molar-refractivity contribution in [1.82, 2.24) is 10.4 Å². The SMILES string of the molecule is CCC(CCN(C)C)NOC.[HH]. The number of nitrogens with zero attached hydrogens (tertiary/aromatic N) is 1. The zero-order valence-corrected chi connectivity index (χ0v) is 8.05. The fourth-order valence-corrected chi connectivity index (χ4v) is 0.927. The first-order valence-electron chi connectivity index (χ1n) is 4.14. The zero-order valence-electron chi connectivity index (χ0n) is 8.05. The predicted octanol–water partition coefficient (Wildman–Crippen LogP) is 1.11. The predicted molar refractivity (Wildman–Crippen MR) is 49.5 cm³/mol. The maximum Gasteiger partial charge on any atom is 0.0572 e. The van der Waals surface area contributed by atoms with Crippen molar-refractivity contribution in [3.63, 3.8) is 0 Å². The van der Waals surface area contributed by atoms with Crippen molar-refractivity contribution in [2.75, 3.05) is 27.7 Å². The smallest absolute Gasteiger partial charge is 0.0572 e. The summed E-state index contributed by atoms with van der Waals surface area (Å²) >= 11 is 0. The van der Waals surface area contributed by atoms with Crippen LogP contribution in [0.3, 0.4) is 0 Å². The molecule has 0 aliphatic rings. The second-order valence-corrected chi connectivity index (χ2v) is 3.02. The number of nitrogens with one attached hydrogen (secondary N) is 1. The molecule has 3 nitrogen and oxygen atoms in total. The molecular formula is C8H22N2O. The summed E-state index contributed by atoms with van der Waals surface area (Å²) in [5.41, 5.74) is 2.96. The lowest BCUT2D eigenvalue weighted by Crippen LogP contribution is -2.30. The van der Waals surface area contributed by atoms with E-state index in [9.17, 15) is 0 Å². The number of hydroxylamine groups is 1. The highest BCUT2D eigenvalue weighted by atomic mass is 16.6. The first kappa shape index (κ1) is 10.9. The second-order valence-electron chi connectivity index (χ2n) is 3.02. The van der Waals surface area contributed by atoms with Crippen molar-refractivity contribution in [3.05, 3.63) is 0 Å². The van der Waals surface area contributed by atoms with E-state index in [1.807, 2.05) is 0 Å². The monoisotopic (exact) mass is 162 g/mol. The lowest BCUT2D eigenvalue weighted by Gasteiger charge is -2.17. The lowest BCUT2D eigenvalue weighted by atomic mass is 10.1. The molecule has 3 heteroatoms. The first-order chi connectivity index (χ1) is 5.20. The van der Waals surface area contributed by atoms with Crippen LogP contribution in [0.5, 0.6) is 0 Å². The van der Waals surface area contributed by atoms with E-state index in [1.165, 1.54) is 0 Å². The minimum atomic E-state index is 0. The molecule has 1 atom stereocenters. The molecule has 0 saturated heterocycles. The Balaban J connectivity index is 0. The fourth-order valence-electron chi connectivity index (χ4n) is 0.927. The molecule has 0 rings (SSSR count). The molecule has 0 heterocycles. The van der Waals surface area contributed by atoms with E-state index < -0.39 is 0 Å². The van der Waals surface area contributed by atoms with Crippen LogP contribution in [0, 0.1) is 0 Å². The van der Waals surface area contributed by atoms with Gasteiger partial charge in [0.15, 0.2) is 0 Å². The van der Waals surface area contributed by atoms with Crippen LogP contribution in [-0.4, -0.2) is 38.7 Å². The van der Waals surface area contributed by atoms with Gasteiger partial charge in [0.1, 0.15) is 0 Å². The standard InChI is InChI=1S/C8H20N2O.H2/c1-5-8(9-11-4)6-7-10(2)3;/h8-9H,5-7H2,1-4H3;1H. The van der Waals surface area contributed by atoms with E-state index in [1.54, 1.807) is 7.11 Å². The quantitative estimate of drug-likeness (QED) is 0.592. The van der Waals surface area contributed by atoms with Crippen LogP contribution in [0.25, 0.3) is 0 Å². The molecule has 1 N–H and O–H groups in total. The molecule has 70 valence electrons. The molecule has 0 aromatic carbocycles. The molecule has 0 amide bonds. The van der Waals surface area contributed by atoms with Gasteiger partial charge in [-0.1, -0.05) is 6.92 Å². The summed E-state index contributed by atoms with van der Waals surface area (Å²) in [4.78, 5) is 7.04. The van der Waals surface area contributed by atoms with Crippen molar-refractivity contribution in [1.29, 1.82) is 0 Å². The van der Waals surface area contributed by atoms with Gasteiger partial charge in [-0.15, -0.1) is 0 Å². The Hall–Kier alpha value is -0.120. The van der Waals surface area contributed by atoms with Crippen LogP contribution >= 0.6 is 0 Å². The highest BCUT2D eigenvalue weighted by Crippen LogP contribution is 1.97. The normalized spacial score (nSPS) is 13.9. The van der Waals surface area contributed by atoms with Crippen molar-refractivity contribution in [2.24, 2.45) is 0 Å². The summed E-state index contributed by atoms with van der Waals surface area (Å²) < 4.78 is 0. The Bertz CT molecular complexity index is 91.1. The highest BCUT2D eigenvalue weighted by Gasteiger charge is 2.04. The average Bonchev–Trinajstić information content (AvgIpc) is 1.97. The molecule has 0 fully saturated rings. The Morgan fingerprint density at radius 1 is 1.55 bits per heavy atom. The summed E-state index contributed by atoms with van der Waals surface area (Å²) in [5.74, 6) is 0. The maximum absolute atomic E-state index is 4.86. The summed E-state index contributed by atoms with van der Waals surface area (Å²) in [5, 5.41) is 0.